The molecule has 3 aliphatic carbocycles. The number of amides is 1. The largest absolute Gasteiger partial charge is 0.325 e. The fourth-order valence-corrected chi connectivity index (χ4v) is 9.80. The van der Waals surface area contributed by atoms with Crippen molar-refractivity contribution in [2.75, 3.05) is 5.32 Å². The summed E-state index contributed by atoms with van der Waals surface area (Å²) in [7, 11) is 0. The zero-order chi connectivity index (χ0) is 17.2. The van der Waals surface area contributed by atoms with Gasteiger partial charge in [0.05, 0.1) is 9.15 Å². The van der Waals surface area contributed by atoms with Crippen LogP contribution >= 0.6 is 47.8 Å². The third-order valence-corrected chi connectivity index (χ3v) is 9.75. The quantitative estimate of drug-likeness (QED) is 0.505. The summed E-state index contributed by atoms with van der Waals surface area (Å²) >= 11 is 11.3. The Kier molecular flexibility index (Phi) is 4.34. The van der Waals surface area contributed by atoms with Gasteiger partial charge in [-0.2, -0.15) is 0 Å². The highest BCUT2D eigenvalue weighted by Gasteiger charge is 2.83. The van der Waals surface area contributed by atoms with E-state index in [4.69, 9.17) is 0 Å². The lowest BCUT2D eigenvalue weighted by Gasteiger charge is -2.66. The highest BCUT2D eigenvalue weighted by Crippen LogP contribution is 2.82. The average molecular weight is 508 g/mol. The van der Waals surface area contributed by atoms with Crippen LogP contribution in [0.5, 0.6) is 0 Å². The van der Waals surface area contributed by atoms with Crippen LogP contribution in [0.1, 0.15) is 37.8 Å². The normalized spacial score (nSPS) is 34.3. The zero-order valence-corrected chi connectivity index (χ0v) is 18.6. The van der Waals surface area contributed by atoms with Crippen LogP contribution in [0, 0.1) is 30.1 Å². The molecule has 4 rings (SSSR count). The summed E-state index contributed by atoms with van der Waals surface area (Å²) in [5.74, 6) is 0.144. The number of carbonyl (C=O) groups is 1. The summed E-state index contributed by atoms with van der Waals surface area (Å²) in [6.07, 6.45) is 1.96. The molecule has 3 atom stereocenters. The molecular weight excluding hydrogens is 486 g/mol. The molecule has 0 heterocycles. The molecule has 0 aliphatic heterocycles. The molecule has 0 radical (unpaired) electrons. The maximum Gasteiger partial charge on any atom is 0.232 e. The molecule has 1 aromatic carbocycles. The SMILES string of the molecule is Cc1ccc(NC(=O)[C@@]23CC[C@](C(Br)Br)([C@@H]2Br)C3(C)C)c(C)c1. The standard InChI is InChI=1S/C18H22Br3NO/c1-10-5-6-12(11(2)9-10)22-15(23)18-8-7-17(13(18)19,14(20)21)16(18,3)4/h5-6,9,13-14H,7-8H2,1-4H3,(H,22,23)/t13-,17+,18+/m0/s1. The predicted molar refractivity (Wildman–Crippen MR) is 107 cm³/mol. The first-order chi connectivity index (χ1) is 10.6. The second-order valence-electron chi connectivity index (χ2n) is 7.57. The number of rotatable bonds is 3. The van der Waals surface area contributed by atoms with E-state index >= 15 is 0 Å². The van der Waals surface area contributed by atoms with Gasteiger partial charge in [-0.25, -0.2) is 0 Å². The van der Waals surface area contributed by atoms with E-state index in [0.29, 0.717) is 0 Å². The Morgan fingerprint density at radius 3 is 2.39 bits per heavy atom. The lowest BCUT2D eigenvalue weighted by atomic mass is 9.43. The molecule has 0 aromatic heterocycles. The highest BCUT2D eigenvalue weighted by molar-refractivity contribution is 9.24. The van der Waals surface area contributed by atoms with Crippen molar-refractivity contribution < 1.29 is 4.79 Å². The molecule has 0 spiro atoms. The number of halogens is 3. The van der Waals surface area contributed by atoms with Crippen molar-refractivity contribution in [3.8, 4) is 0 Å². The summed E-state index contributed by atoms with van der Waals surface area (Å²) in [5, 5.41) is 3.20. The van der Waals surface area contributed by atoms with Crippen LogP contribution in [0.15, 0.2) is 18.2 Å². The lowest BCUT2D eigenvalue weighted by Crippen LogP contribution is -2.71. The minimum Gasteiger partial charge on any atom is -0.325 e. The van der Waals surface area contributed by atoms with Crippen LogP contribution < -0.4 is 5.32 Å². The van der Waals surface area contributed by atoms with Crippen LogP contribution in [-0.4, -0.2) is 14.5 Å². The number of nitrogens with one attached hydrogen (secondary N) is 1. The minimum atomic E-state index is -0.357. The first kappa shape index (κ1) is 17.9. The number of alkyl halides is 3. The van der Waals surface area contributed by atoms with Crippen molar-refractivity contribution in [1.29, 1.82) is 0 Å². The van der Waals surface area contributed by atoms with Crippen molar-refractivity contribution >= 4 is 59.4 Å². The van der Waals surface area contributed by atoms with Crippen molar-refractivity contribution in [1.82, 2.24) is 0 Å². The van der Waals surface area contributed by atoms with Gasteiger partial charge >= 0.3 is 0 Å². The Hall–Kier alpha value is 0.130. The van der Waals surface area contributed by atoms with Gasteiger partial charge in [-0.3, -0.25) is 4.79 Å². The van der Waals surface area contributed by atoms with Gasteiger partial charge in [0, 0.05) is 15.9 Å². The molecule has 3 aliphatic rings. The maximum absolute atomic E-state index is 13.2. The van der Waals surface area contributed by atoms with E-state index in [2.05, 4.69) is 79.9 Å². The minimum absolute atomic E-state index is 0.0622. The van der Waals surface area contributed by atoms with Crippen molar-refractivity contribution in [3.63, 3.8) is 0 Å². The number of hydrogen-bond donors (Lipinski definition) is 1. The molecule has 2 bridgehead atoms. The molecule has 3 saturated carbocycles. The molecule has 0 saturated heterocycles. The fourth-order valence-electron chi connectivity index (χ4n) is 4.89. The summed E-state index contributed by atoms with van der Waals surface area (Å²) in [4.78, 5) is 13.4. The van der Waals surface area contributed by atoms with E-state index in [1.165, 1.54) is 5.56 Å². The monoisotopic (exact) mass is 505 g/mol. The van der Waals surface area contributed by atoms with E-state index in [1.807, 2.05) is 19.1 Å². The van der Waals surface area contributed by atoms with E-state index in [9.17, 15) is 4.79 Å². The van der Waals surface area contributed by atoms with E-state index in [1.54, 1.807) is 0 Å². The third-order valence-electron chi connectivity index (χ3n) is 6.52. The molecule has 1 amide bonds. The van der Waals surface area contributed by atoms with Gasteiger partial charge in [0.25, 0.3) is 0 Å². The first-order valence-electron chi connectivity index (χ1n) is 7.92. The van der Waals surface area contributed by atoms with Crippen LogP contribution in [0.3, 0.4) is 0 Å². The fraction of sp³-hybridized carbons (Fsp3) is 0.611. The zero-order valence-electron chi connectivity index (χ0n) is 13.8. The van der Waals surface area contributed by atoms with Gasteiger partial charge in [-0.15, -0.1) is 0 Å². The summed E-state index contributed by atoms with van der Waals surface area (Å²) in [5.41, 5.74) is 2.87. The van der Waals surface area contributed by atoms with E-state index in [-0.39, 0.29) is 30.7 Å². The number of carbonyl (C=O) groups excluding carboxylic acids is 1. The lowest BCUT2D eigenvalue weighted by molar-refractivity contribution is -0.155. The Bertz CT molecular complexity index is 672. The van der Waals surface area contributed by atoms with Crippen molar-refractivity contribution in [2.24, 2.45) is 16.2 Å². The first-order valence-corrected chi connectivity index (χ1v) is 10.7. The highest BCUT2D eigenvalue weighted by atomic mass is 79.9. The topological polar surface area (TPSA) is 29.1 Å². The Morgan fingerprint density at radius 2 is 1.91 bits per heavy atom. The molecule has 1 N–H and O–H groups in total. The average Bonchev–Trinajstić information content (AvgIpc) is 2.91. The summed E-state index contributed by atoms with van der Waals surface area (Å²) < 4.78 is 0.200. The van der Waals surface area contributed by atoms with Gasteiger partial charge in [-0.05, 0) is 43.7 Å². The van der Waals surface area contributed by atoms with Gasteiger partial charge < -0.3 is 5.32 Å². The number of fused-ring (bicyclic) bond motifs is 1. The van der Waals surface area contributed by atoms with Crippen LogP contribution in [0.4, 0.5) is 5.69 Å². The molecule has 5 heteroatoms. The van der Waals surface area contributed by atoms with Crippen LogP contribution in [-0.2, 0) is 4.79 Å². The van der Waals surface area contributed by atoms with Gasteiger partial charge in [0.1, 0.15) is 0 Å². The number of anilines is 1. The predicted octanol–water partition coefficient (Wildman–Crippen LogP) is 5.93. The summed E-state index contributed by atoms with van der Waals surface area (Å²) in [6, 6.07) is 6.16. The number of benzene rings is 1. The molecule has 2 nitrogen and oxygen atoms in total. The molecule has 3 fully saturated rings. The Labute approximate surface area is 163 Å². The van der Waals surface area contributed by atoms with Crippen molar-refractivity contribution in [2.45, 2.75) is 49.1 Å². The Balaban J connectivity index is 1.92. The van der Waals surface area contributed by atoms with Crippen molar-refractivity contribution in [3.05, 3.63) is 29.3 Å². The molecular formula is C18H22Br3NO. The number of aryl methyl sites for hydroxylation is 2. The maximum atomic E-state index is 13.2. The third kappa shape index (κ3) is 2.05. The van der Waals surface area contributed by atoms with Gasteiger partial charge in [0.15, 0.2) is 0 Å². The Morgan fingerprint density at radius 1 is 1.26 bits per heavy atom. The van der Waals surface area contributed by atoms with Gasteiger partial charge in [0.2, 0.25) is 5.91 Å². The smallest absolute Gasteiger partial charge is 0.232 e. The molecule has 0 unspecified atom stereocenters. The molecule has 1 aromatic rings. The second kappa shape index (κ2) is 5.57. The van der Waals surface area contributed by atoms with E-state index in [0.717, 1.165) is 24.1 Å². The number of hydrogen-bond acceptors (Lipinski definition) is 1. The second-order valence-corrected chi connectivity index (χ2v) is 11.5. The van der Waals surface area contributed by atoms with Crippen LogP contribution in [0.25, 0.3) is 0 Å². The molecule has 23 heavy (non-hydrogen) atoms. The van der Waals surface area contributed by atoms with E-state index < -0.39 is 0 Å². The summed E-state index contributed by atoms with van der Waals surface area (Å²) in [6.45, 7) is 8.58. The van der Waals surface area contributed by atoms with Gasteiger partial charge in [-0.1, -0.05) is 79.3 Å². The van der Waals surface area contributed by atoms with Crippen LogP contribution in [0.2, 0.25) is 0 Å². The molecule has 126 valence electrons.